The molecule has 6 heteroatoms. The number of sulfonamides is 1. The van der Waals surface area contributed by atoms with Crippen molar-refractivity contribution in [3.8, 4) is 0 Å². The quantitative estimate of drug-likeness (QED) is 0.940. The van der Waals surface area contributed by atoms with E-state index in [1.165, 1.54) is 5.69 Å². The number of H-pyrrole nitrogens is 1. The highest BCUT2D eigenvalue weighted by atomic mass is 35.5. The lowest BCUT2D eigenvalue weighted by Crippen LogP contribution is -2.38. The van der Waals surface area contributed by atoms with Crippen molar-refractivity contribution in [1.82, 2.24) is 9.29 Å². The minimum absolute atomic E-state index is 0.183. The SMILES string of the molecule is CCS(=O)(=O)N1CCC(c2cc3cc(Cl)ccc3[nH]2)CC1. The molecule has 0 saturated carbocycles. The maximum absolute atomic E-state index is 11.9. The fraction of sp³-hybridized carbons (Fsp3) is 0.467. The summed E-state index contributed by atoms with van der Waals surface area (Å²) in [5, 5.41) is 1.85. The number of hydrogen-bond donors (Lipinski definition) is 1. The van der Waals surface area contributed by atoms with Crippen molar-refractivity contribution in [3.63, 3.8) is 0 Å². The van der Waals surface area contributed by atoms with E-state index in [2.05, 4.69) is 11.1 Å². The van der Waals surface area contributed by atoms with Crippen LogP contribution in [0.1, 0.15) is 31.4 Å². The normalized spacial score (nSPS) is 18.4. The van der Waals surface area contributed by atoms with Crippen LogP contribution in [-0.4, -0.2) is 36.5 Å². The Labute approximate surface area is 130 Å². The molecule has 0 spiro atoms. The fourth-order valence-corrected chi connectivity index (χ4v) is 4.29. The molecule has 0 radical (unpaired) electrons. The largest absolute Gasteiger partial charge is 0.358 e. The van der Waals surface area contributed by atoms with Gasteiger partial charge in [0.05, 0.1) is 5.75 Å². The molecule has 1 aromatic carbocycles. The van der Waals surface area contributed by atoms with Crippen LogP contribution in [0.4, 0.5) is 0 Å². The highest BCUT2D eigenvalue weighted by Crippen LogP contribution is 2.31. The van der Waals surface area contributed by atoms with Gasteiger partial charge in [-0.3, -0.25) is 0 Å². The molecule has 0 aliphatic carbocycles. The van der Waals surface area contributed by atoms with Crippen LogP contribution in [0.3, 0.4) is 0 Å². The van der Waals surface area contributed by atoms with Crippen molar-refractivity contribution < 1.29 is 8.42 Å². The summed E-state index contributed by atoms with van der Waals surface area (Å²) in [7, 11) is -3.05. The predicted octanol–water partition coefficient (Wildman–Crippen LogP) is 3.35. The maximum Gasteiger partial charge on any atom is 0.213 e. The number of aromatic amines is 1. The molecular formula is C15H19ClN2O2S. The second kappa shape index (κ2) is 5.63. The summed E-state index contributed by atoms with van der Waals surface area (Å²) in [5.41, 5.74) is 2.26. The van der Waals surface area contributed by atoms with E-state index in [9.17, 15) is 8.42 Å². The van der Waals surface area contributed by atoms with E-state index in [1.807, 2.05) is 18.2 Å². The average molecular weight is 327 g/mol. The lowest BCUT2D eigenvalue weighted by Gasteiger charge is -2.30. The first-order valence-electron chi connectivity index (χ1n) is 7.25. The molecule has 0 unspecified atom stereocenters. The molecule has 1 aliphatic heterocycles. The number of nitrogens with one attached hydrogen (secondary N) is 1. The third kappa shape index (κ3) is 2.96. The van der Waals surface area contributed by atoms with Gasteiger partial charge in [-0.1, -0.05) is 11.6 Å². The Morgan fingerprint density at radius 2 is 2.00 bits per heavy atom. The maximum atomic E-state index is 11.9. The Hall–Kier alpha value is -1.04. The second-order valence-electron chi connectivity index (χ2n) is 5.53. The van der Waals surface area contributed by atoms with Crippen molar-refractivity contribution in [2.24, 2.45) is 0 Å². The molecule has 0 atom stereocenters. The summed E-state index contributed by atoms with van der Waals surface area (Å²) in [5.74, 6) is 0.571. The van der Waals surface area contributed by atoms with E-state index in [1.54, 1.807) is 11.2 Å². The van der Waals surface area contributed by atoms with Gasteiger partial charge in [-0.2, -0.15) is 0 Å². The molecule has 21 heavy (non-hydrogen) atoms. The standard InChI is InChI=1S/C15H19ClN2O2S/c1-2-21(19,20)18-7-5-11(6-8-18)15-10-12-9-13(16)3-4-14(12)17-15/h3-4,9-11,17H,2,5-8H2,1H3. The average Bonchev–Trinajstić information content (AvgIpc) is 2.90. The molecule has 0 amide bonds. The molecule has 3 rings (SSSR count). The Balaban J connectivity index is 1.76. The first-order valence-corrected chi connectivity index (χ1v) is 9.24. The number of hydrogen-bond acceptors (Lipinski definition) is 2. The van der Waals surface area contributed by atoms with Gasteiger partial charge in [-0.15, -0.1) is 0 Å². The topological polar surface area (TPSA) is 53.2 Å². The molecule has 2 heterocycles. The van der Waals surface area contributed by atoms with Crippen molar-refractivity contribution >= 4 is 32.5 Å². The molecule has 1 aliphatic rings. The Bertz CT molecular complexity index is 746. The number of rotatable bonds is 3. The van der Waals surface area contributed by atoms with Gasteiger partial charge in [0.2, 0.25) is 10.0 Å². The molecule has 1 fully saturated rings. The first-order chi connectivity index (χ1) is 9.99. The lowest BCUT2D eigenvalue weighted by molar-refractivity contribution is 0.317. The van der Waals surface area contributed by atoms with Gasteiger partial charge in [0.1, 0.15) is 0 Å². The third-order valence-corrected chi connectivity index (χ3v) is 6.37. The minimum Gasteiger partial charge on any atom is -0.358 e. The van der Waals surface area contributed by atoms with Gasteiger partial charge < -0.3 is 4.98 Å². The van der Waals surface area contributed by atoms with Crippen LogP contribution in [0.5, 0.6) is 0 Å². The predicted molar refractivity (Wildman–Crippen MR) is 86.3 cm³/mol. The van der Waals surface area contributed by atoms with Crippen LogP contribution < -0.4 is 0 Å². The molecule has 114 valence electrons. The lowest BCUT2D eigenvalue weighted by atomic mass is 9.95. The van der Waals surface area contributed by atoms with Gasteiger partial charge in [-0.25, -0.2) is 12.7 Å². The molecule has 1 saturated heterocycles. The van der Waals surface area contributed by atoms with Crippen LogP contribution in [0.15, 0.2) is 24.3 Å². The van der Waals surface area contributed by atoms with Gasteiger partial charge >= 0.3 is 0 Å². The van der Waals surface area contributed by atoms with Crippen LogP contribution in [0.2, 0.25) is 5.02 Å². The zero-order valence-corrected chi connectivity index (χ0v) is 13.5. The molecule has 1 aromatic heterocycles. The van der Waals surface area contributed by atoms with Gasteiger partial charge in [-0.05, 0) is 44.0 Å². The van der Waals surface area contributed by atoms with Crippen molar-refractivity contribution in [1.29, 1.82) is 0 Å². The number of benzene rings is 1. The van der Waals surface area contributed by atoms with E-state index in [0.29, 0.717) is 19.0 Å². The highest BCUT2D eigenvalue weighted by Gasteiger charge is 2.28. The minimum atomic E-state index is -3.05. The van der Waals surface area contributed by atoms with Crippen molar-refractivity contribution in [2.45, 2.75) is 25.7 Å². The van der Waals surface area contributed by atoms with Crippen LogP contribution >= 0.6 is 11.6 Å². The van der Waals surface area contributed by atoms with Crippen LogP contribution in [0.25, 0.3) is 10.9 Å². The van der Waals surface area contributed by atoms with E-state index in [-0.39, 0.29) is 5.75 Å². The van der Waals surface area contributed by atoms with E-state index >= 15 is 0 Å². The summed E-state index contributed by atoms with van der Waals surface area (Å²) >= 11 is 6.01. The molecule has 2 aromatic rings. The number of aromatic nitrogens is 1. The fourth-order valence-electron chi connectivity index (χ4n) is 2.97. The Morgan fingerprint density at radius 1 is 1.29 bits per heavy atom. The summed E-state index contributed by atoms with van der Waals surface area (Å²) in [6.45, 7) is 2.91. The Kier molecular flexibility index (Phi) is 3.99. The van der Waals surface area contributed by atoms with E-state index < -0.39 is 10.0 Å². The van der Waals surface area contributed by atoms with Gasteiger partial charge in [0, 0.05) is 40.6 Å². The van der Waals surface area contributed by atoms with Crippen molar-refractivity contribution in [3.05, 3.63) is 35.0 Å². The first kappa shape index (κ1) is 14.9. The van der Waals surface area contributed by atoms with Gasteiger partial charge in [0.25, 0.3) is 0 Å². The molecule has 1 N–H and O–H groups in total. The summed E-state index contributed by atoms with van der Waals surface area (Å²) in [4.78, 5) is 3.43. The van der Waals surface area contributed by atoms with E-state index in [0.717, 1.165) is 28.8 Å². The summed E-state index contributed by atoms with van der Waals surface area (Å²) in [6, 6.07) is 7.95. The third-order valence-electron chi connectivity index (χ3n) is 4.26. The monoisotopic (exact) mass is 326 g/mol. The number of piperidine rings is 1. The molecule has 0 bridgehead atoms. The van der Waals surface area contributed by atoms with E-state index in [4.69, 9.17) is 11.6 Å². The smallest absolute Gasteiger partial charge is 0.213 e. The van der Waals surface area contributed by atoms with Gasteiger partial charge in [0.15, 0.2) is 0 Å². The van der Waals surface area contributed by atoms with Crippen LogP contribution in [-0.2, 0) is 10.0 Å². The molecular weight excluding hydrogens is 308 g/mol. The zero-order chi connectivity index (χ0) is 15.0. The summed E-state index contributed by atoms with van der Waals surface area (Å²) in [6.07, 6.45) is 1.72. The second-order valence-corrected chi connectivity index (χ2v) is 8.22. The van der Waals surface area contributed by atoms with Crippen molar-refractivity contribution in [2.75, 3.05) is 18.8 Å². The number of halogens is 1. The number of nitrogens with zero attached hydrogens (tertiary/aromatic N) is 1. The Morgan fingerprint density at radius 3 is 2.67 bits per heavy atom. The molecule has 4 nitrogen and oxygen atoms in total. The number of fused-ring (bicyclic) bond motifs is 1. The van der Waals surface area contributed by atoms with Crippen LogP contribution in [0, 0.1) is 0 Å². The highest BCUT2D eigenvalue weighted by molar-refractivity contribution is 7.89. The summed E-state index contributed by atoms with van der Waals surface area (Å²) < 4.78 is 25.4. The zero-order valence-electron chi connectivity index (χ0n) is 12.0.